The van der Waals surface area contributed by atoms with Crippen molar-refractivity contribution in [3.8, 4) is 5.75 Å². The second kappa shape index (κ2) is 3.01. The van der Waals surface area contributed by atoms with Crippen molar-refractivity contribution in [3.05, 3.63) is 29.8 Å². The fraction of sp³-hybridized carbons (Fsp3) is 0.538. The second-order valence-corrected chi connectivity index (χ2v) is 4.84. The highest BCUT2D eigenvalue weighted by Gasteiger charge is 2.40. The van der Waals surface area contributed by atoms with Crippen molar-refractivity contribution < 1.29 is 5.11 Å². The smallest absolute Gasteiger partial charge is 0.119 e. The van der Waals surface area contributed by atoms with Gasteiger partial charge < -0.3 is 5.11 Å². The van der Waals surface area contributed by atoms with E-state index in [0.29, 0.717) is 11.7 Å². The Balaban J connectivity index is 1.93. The highest BCUT2D eigenvalue weighted by molar-refractivity contribution is 5.36. The predicted octanol–water partition coefficient (Wildman–Crippen LogP) is 3.30. The first kappa shape index (κ1) is 8.34. The van der Waals surface area contributed by atoms with Gasteiger partial charge in [-0.15, -0.1) is 0 Å². The van der Waals surface area contributed by atoms with Gasteiger partial charge in [0, 0.05) is 0 Å². The van der Waals surface area contributed by atoms with Crippen LogP contribution in [0.2, 0.25) is 0 Å². The summed E-state index contributed by atoms with van der Waals surface area (Å²) in [7, 11) is 0. The monoisotopic (exact) mass is 188 g/mol. The van der Waals surface area contributed by atoms with E-state index in [-0.39, 0.29) is 0 Å². The third-order valence-electron chi connectivity index (χ3n) is 4.07. The maximum absolute atomic E-state index is 9.80. The van der Waals surface area contributed by atoms with Gasteiger partial charge in [0.05, 0.1) is 0 Å². The standard InChI is InChI=1S/C13H16O/c14-13-4-2-1-3-11(13)12-8-9-5-6-10(12)7-9/h1-4,9-10,12,14H,5-8H2/t9-,10+,12-/m0/s1. The number of benzene rings is 1. The van der Waals surface area contributed by atoms with Gasteiger partial charge in [0.15, 0.2) is 0 Å². The van der Waals surface area contributed by atoms with Crippen LogP contribution >= 0.6 is 0 Å². The van der Waals surface area contributed by atoms with Crippen LogP contribution in [0.25, 0.3) is 0 Å². The molecular formula is C13H16O. The van der Waals surface area contributed by atoms with Crippen molar-refractivity contribution in [1.29, 1.82) is 0 Å². The largest absolute Gasteiger partial charge is 0.508 e. The molecule has 14 heavy (non-hydrogen) atoms. The molecule has 0 radical (unpaired) electrons. The lowest BCUT2D eigenvalue weighted by Gasteiger charge is -2.22. The molecule has 1 heteroatoms. The normalized spacial score (nSPS) is 35.0. The minimum Gasteiger partial charge on any atom is -0.508 e. The van der Waals surface area contributed by atoms with Crippen LogP contribution in [0.5, 0.6) is 5.75 Å². The summed E-state index contributed by atoms with van der Waals surface area (Å²) in [6.45, 7) is 0. The van der Waals surface area contributed by atoms with E-state index in [4.69, 9.17) is 0 Å². The summed E-state index contributed by atoms with van der Waals surface area (Å²) in [5, 5.41) is 9.80. The summed E-state index contributed by atoms with van der Waals surface area (Å²) < 4.78 is 0. The van der Waals surface area contributed by atoms with Crippen molar-refractivity contribution in [2.45, 2.75) is 31.6 Å². The molecule has 2 aliphatic carbocycles. The zero-order valence-electron chi connectivity index (χ0n) is 8.32. The summed E-state index contributed by atoms with van der Waals surface area (Å²) in [4.78, 5) is 0. The first-order chi connectivity index (χ1) is 6.84. The molecule has 2 fully saturated rings. The van der Waals surface area contributed by atoms with Gasteiger partial charge in [-0.2, -0.15) is 0 Å². The fourth-order valence-corrected chi connectivity index (χ4v) is 3.43. The average molecular weight is 188 g/mol. The average Bonchev–Trinajstić information content (AvgIpc) is 2.79. The van der Waals surface area contributed by atoms with Crippen molar-refractivity contribution in [2.75, 3.05) is 0 Å². The molecule has 1 nitrogen and oxygen atoms in total. The maximum atomic E-state index is 9.80. The Labute approximate surface area is 84.8 Å². The van der Waals surface area contributed by atoms with Crippen LogP contribution in [0.15, 0.2) is 24.3 Å². The molecular weight excluding hydrogens is 172 g/mol. The van der Waals surface area contributed by atoms with Crippen molar-refractivity contribution in [2.24, 2.45) is 11.8 Å². The molecule has 3 atom stereocenters. The fourth-order valence-electron chi connectivity index (χ4n) is 3.43. The molecule has 3 rings (SSSR count). The molecule has 2 aliphatic rings. The highest BCUT2D eigenvalue weighted by Crippen LogP contribution is 2.54. The maximum Gasteiger partial charge on any atom is 0.119 e. The minimum absolute atomic E-state index is 0.505. The summed E-state index contributed by atoms with van der Waals surface area (Å²) in [5.41, 5.74) is 1.19. The van der Waals surface area contributed by atoms with Gasteiger partial charge in [-0.25, -0.2) is 0 Å². The Morgan fingerprint density at radius 1 is 1.07 bits per heavy atom. The number of hydrogen-bond acceptors (Lipinski definition) is 1. The van der Waals surface area contributed by atoms with Crippen molar-refractivity contribution >= 4 is 0 Å². The van der Waals surface area contributed by atoms with Gasteiger partial charge in [0.2, 0.25) is 0 Å². The molecule has 74 valence electrons. The zero-order valence-corrected chi connectivity index (χ0v) is 8.32. The number of phenols is 1. The van der Waals surface area contributed by atoms with E-state index in [1.165, 1.54) is 31.2 Å². The first-order valence-electron chi connectivity index (χ1n) is 5.62. The van der Waals surface area contributed by atoms with Gasteiger partial charge in [-0.3, -0.25) is 0 Å². The molecule has 0 aromatic heterocycles. The number of para-hydroxylation sites is 1. The van der Waals surface area contributed by atoms with E-state index >= 15 is 0 Å². The third-order valence-corrected chi connectivity index (χ3v) is 4.07. The lowest BCUT2D eigenvalue weighted by molar-refractivity contribution is 0.397. The summed E-state index contributed by atoms with van der Waals surface area (Å²) in [6, 6.07) is 7.87. The van der Waals surface area contributed by atoms with Gasteiger partial charge in [-0.05, 0) is 48.6 Å². The summed E-state index contributed by atoms with van der Waals surface area (Å²) in [5.74, 6) is 2.96. The number of rotatable bonds is 1. The Hall–Kier alpha value is -0.980. The van der Waals surface area contributed by atoms with E-state index < -0.39 is 0 Å². The number of fused-ring (bicyclic) bond motifs is 2. The molecule has 2 bridgehead atoms. The topological polar surface area (TPSA) is 20.2 Å². The van der Waals surface area contributed by atoms with Crippen LogP contribution in [0.4, 0.5) is 0 Å². The summed E-state index contributed by atoms with van der Waals surface area (Å²) in [6.07, 6.45) is 5.51. The molecule has 0 saturated heterocycles. The molecule has 0 unspecified atom stereocenters. The van der Waals surface area contributed by atoms with Crippen molar-refractivity contribution in [3.63, 3.8) is 0 Å². The Morgan fingerprint density at radius 2 is 1.93 bits per heavy atom. The van der Waals surface area contributed by atoms with Crippen LogP contribution in [-0.4, -0.2) is 5.11 Å². The van der Waals surface area contributed by atoms with Gasteiger partial charge >= 0.3 is 0 Å². The van der Waals surface area contributed by atoms with Gasteiger partial charge in [-0.1, -0.05) is 24.6 Å². The third kappa shape index (κ3) is 1.15. The van der Waals surface area contributed by atoms with Gasteiger partial charge in [0.25, 0.3) is 0 Å². The quantitative estimate of drug-likeness (QED) is 0.717. The highest BCUT2D eigenvalue weighted by atomic mass is 16.3. The lowest BCUT2D eigenvalue weighted by Crippen LogP contribution is -2.08. The molecule has 0 amide bonds. The number of phenolic OH excluding ortho intramolecular Hbond substituents is 1. The molecule has 1 N–H and O–H groups in total. The van der Waals surface area contributed by atoms with Crippen LogP contribution in [0.3, 0.4) is 0 Å². The summed E-state index contributed by atoms with van der Waals surface area (Å²) >= 11 is 0. The van der Waals surface area contributed by atoms with E-state index in [0.717, 1.165) is 11.8 Å². The van der Waals surface area contributed by atoms with Crippen LogP contribution in [0.1, 0.15) is 37.2 Å². The molecule has 0 heterocycles. The molecule has 1 aromatic carbocycles. The van der Waals surface area contributed by atoms with E-state index in [2.05, 4.69) is 6.07 Å². The molecule has 0 spiro atoms. The van der Waals surface area contributed by atoms with Crippen LogP contribution in [-0.2, 0) is 0 Å². The Bertz CT molecular complexity index is 345. The van der Waals surface area contributed by atoms with Crippen molar-refractivity contribution in [1.82, 2.24) is 0 Å². The Kier molecular flexibility index (Phi) is 1.79. The molecule has 2 saturated carbocycles. The number of aromatic hydroxyl groups is 1. The minimum atomic E-state index is 0.505. The number of hydrogen-bond donors (Lipinski definition) is 1. The van der Waals surface area contributed by atoms with Crippen LogP contribution in [0, 0.1) is 11.8 Å². The van der Waals surface area contributed by atoms with Crippen LogP contribution < -0.4 is 0 Å². The SMILES string of the molecule is Oc1ccccc1[C@H]1C[C@H]2CC[C@@H]1C2. The van der Waals surface area contributed by atoms with E-state index in [1.807, 2.05) is 18.2 Å². The van der Waals surface area contributed by atoms with E-state index in [9.17, 15) is 5.11 Å². The second-order valence-electron chi connectivity index (χ2n) is 4.84. The molecule has 1 aromatic rings. The lowest BCUT2D eigenvalue weighted by atomic mass is 9.83. The van der Waals surface area contributed by atoms with E-state index in [1.54, 1.807) is 0 Å². The predicted molar refractivity (Wildman–Crippen MR) is 56.3 cm³/mol. The zero-order chi connectivity index (χ0) is 9.54. The first-order valence-corrected chi connectivity index (χ1v) is 5.62. The Morgan fingerprint density at radius 3 is 2.57 bits per heavy atom. The molecule has 0 aliphatic heterocycles. The van der Waals surface area contributed by atoms with Gasteiger partial charge in [0.1, 0.15) is 5.75 Å².